The third-order valence-electron chi connectivity index (χ3n) is 1.25. The summed E-state index contributed by atoms with van der Waals surface area (Å²) in [5.41, 5.74) is 0.259. The van der Waals surface area contributed by atoms with Crippen molar-refractivity contribution in [1.82, 2.24) is 0 Å². The first-order chi connectivity index (χ1) is 5.59. The van der Waals surface area contributed by atoms with Crippen molar-refractivity contribution >= 4 is 29.3 Å². The molecule has 1 rings (SSSR count). The van der Waals surface area contributed by atoms with Crippen molar-refractivity contribution in [2.75, 3.05) is 0 Å². The summed E-state index contributed by atoms with van der Waals surface area (Å²) in [6, 6.07) is 3.52. The number of aromatic hydroxyl groups is 1. The van der Waals surface area contributed by atoms with Gasteiger partial charge in [0.15, 0.2) is 0 Å². The van der Waals surface area contributed by atoms with E-state index >= 15 is 0 Å². The minimum absolute atomic E-state index is 0.0316. The lowest BCUT2D eigenvalue weighted by Gasteiger charge is -1.97. The van der Waals surface area contributed by atoms with E-state index in [1.54, 1.807) is 0 Å². The minimum atomic E-state index is -0.450. The topological polar surface area (TPSA) is 20.2 Å². The lowest BCUT2D eigenvalue weighted by atomic mass is 10.2. The van der Waals surface area contributed by atoms with Gasteiger partial charge >= 0.3 is 0 Å². The number of hydrogen-bond donors (Lipinski definition) is 1. The molecule has 0 bridgehead atoms. The van der Waals surface area contributed by atoms with E-state index in [-0.39, 0.29) is 15.8 Å². The Kier molecular flexibility index (Phi) is 2.95. The second-order valence-corrected chi connectivity index (χ2v) is 3.14. The van der Waals surface area contributed by atoms with Gasteiger partial charge in [0.25, 0.3) is 0 Å². The maximum Gasteiger partial charge on any atom is 0.124 e. The first-order valence-electron chi connectivity index (χ1n) is 3.11. The number of hydrogen-bond acceptors (Lipinski definition) is 1. The van der Waals surface area contributed by atoms with Crippen LogP contribution in [-0.2, 0) is 0 Å². The van der Waals surface area contributed by atoms with Gasteiger partial charge < -0.3 is 5.11 Å². The van der Waals surface area contributed by atoms with Crippen LogP contribution in [0.15, 0.2) is 22.7 Å². The highest BCUT2D eigenvalue weighted by Gasteiger charge is 1.99. The van der Waals surface area contributed by atoms with Gasteiger partial charge in [0.2, 0.25) is 0 Å². The molecule has 0 aliphatic rings. The molecule has 0 aromatic heterocycles. The van der Waals surface area contributed by atoms with Gasteiger partial charge in [0.05, 0.1) is 0 Å². The van der Waals surface area contributed by atoms with Crippen LogP contribution in [0.5, 0.6) is 5.75 Å². The van der Waals surface area contributed by atoms with Crippen LogP contribution in [0.1, 0.15) is 5.56 Å². The quantitative estimate of drug-likeness (QED) is 0.748. The maximum atomic E-state index is 12.6. The fourth-order valence-electron chi connectivity index (χ4n) is 0.759. The van der Waals surface area contributed by atoms with Crippen LogP contribution in [0.3, 0.4) is 0 Å². The van der Waals surface area contributed by atoms with Crippen LogP contribution < -0.4 is 0 Å². The van der Waals surface area contributed by atoms with Crippen LogP contribution in [-0.4, -0.2) is 5.11 Å². The van der Waals surface area contributed by atoms with Crippen molar-refractivity contribution in [3.63, 3.8) is 0 Å². The van der Waals surface area contributed by atoms with E-state index < -0.39 is 5.82 Å². The maximum absolute atomic E-state index is 12.6. The van der Waals surface area contributed by atoms with Crippen LogP contribution in [0.2, 0.25) is 0 Å². The highest BCUT2D eigenvalue weighted by Crippen LogP contribution is 2.22. The molecule has 0 spiro atoms. The van der Waals surface area contributed by atoms with Crippen molar-refractivity contribution in [2.45, 2.75) is 0 Å². The summed E-state index contributed by atoms with van der Waals surface area (Å²) in [5, 5.41) is 9.16. The average Bonchev–Trinajstić information content (AvgIpc) is 1.96. The Balaban J connectivity index is 3.14. The number of halogens is 3. The van der Waals surface area contributed by atoms with E-state index in [1.165, 1.54) is 12.1 Å². The molecule has 0 saturated carbocycles. The molecule has 12 heavy (non-hydrogen) atoms. The zero-order valence-electron chi connectivity index (χ0n) is 5.89. The summed E-state index contributed by atoms with van der Waals surface area (Å²) in [4.78, 5) is 0. The molecule has 64 valence electrons. The van der Waals surface area contributed by atoms with E-state index in [9.17, 15) is 4.39 Å². The fourth-order valence-corrected chi connectivity index (χ4v) is 0.994. The molecule has 0 fully saturated rings. The highest BCUT2D eigenvalue weighted by molar-refractivity contribution is 6.57. The molecular formula is C8H5Cl2FO. The molecule has 0 unspecified atom stereocenters. The van der Waals surface area contributed by atoms with Crippen molar-refractivity contribution in [3.8, 4) is 5.75 Å². The number of rotatable bonds is 1. The molecule has 0 radical (unpaired) electrons. The molecule has 1 aromatic rings. The van der Waals surface area contributed by atoms with E-state index in [0.717, 1.165) is 12.1 Å². The Morgan fingerprint density at radius 1 is 1.42 bits per heavy atom. The predicted molar refractivity (Wildman–Crippen MR) is 47.7 cm³/mol. The van der Waals surface area contributed by atoms with Crippen LogP contribution in [0.4, 0.5) is 4.39 Å². The molecule has 1 nitrogen and oxygen atoms in total. The molecule has 1 aromatic carbocycles. The predicted octanol–water partition coefficient (Wildman–Crippen LogP) is 3.31. The molecule has 0 aliphatic heterocycles. The van der Waals surface area contributed by atoms with E-state index in [1.807, 2.05) is 0 Å². The van der Waals surface area contributed by atoms with Gasteiger partial charge in [0, 0.05) is 5.56 Å². The standard InChI is InChI=1S/C8H5Cl2FO/c9-8(10)4-5-3-6(11)1-2-7(5)12/h1-4,12H. The number of phenols is 1. The second-order valence-electron chi connectivity index (χ2n) is 2.14. The van der Waals surface area contributed by atoms with E-state index in [0.29, 0.717) is 0 Å². The van der Waals surface area contributed by atoms with Gasteiger partial charge in [-0.05, 0) is 24.3 Å². The third-order valence-corrected chi connectivity index (χ3v) is 1.47. The Bertz CT molecular complexity index is 319. The molecule has 0 aliphatic carbocycles. The number of benzene rings is 1. The summed E-state index contributed by atoms with van der Waals surface area (Å²) >= 11 is 10.7. The Hall–Kier alpha value is -0.730. The Labute approximate surface area is 79.0 Å². The van der Waals surface area contributed by atoms with Gasteiger partial charge in [-0.3, -0.25) is 0 Å². The van der Waals surface area contributed by atoms with Crippen LogP contribution in [0.25, 0.3) is 6.08 Å². The smallest absolute Gasteiger partial charge is 0.124 e. The van der Waals surface area contributed by atoms with Gasteiger partial charge in [0.1, 0.15) is 16.1 Å². The van der Waals surface area contributed by atoms with Crippen molar-refractivity contribution < 1.29 is 9.50 Å². The summed E-state index contributed by atoms with van der Waals surface area (Å²) in [7, 11) is 0. The Morgan fingerprint density at radius 3 is 2.67 bits per heavy atom. The molecule has 1 N–H and O–H groups in total. The zero-order valence-corrected chi connectivity index (χ0v) is 7.40. The van der Waals surface area contributed by atoms with Crippen LogP contribution in [0, 0.1) is 5.82 Å². The summed E-state index contributed by atoms with van der Waals surface area (Å²) in [5.74, 6) is -0.510. The van der Waals surface area contributed by atoms with Crippen molar-refractivity contribution in [1.29, 1.82) is 0 Å². The number of phenolic OH excluding ortho intramolecular Hbond substituents is 1. The van der Waals surface area contributed by atoms with Gasteiger partial charge in [-0.15, -0.1) is 0 Å². The zero-order chi connectivity index (χ0) is 9.14. The van der Waals surface area contributed by atoms with Gasteiger partial charge in [-0.25, -0.2) is 4.39 Å². The molecule has 0 heterocycles. The molecule has 4 heteroatoms. The second kappa shape index (κ2) is 3.78. The lowest BCUT2D eigenvalue weighted by molar-refractivity contribution is 0.471. The summed E-state index contributed by atoms with van der Waals surface area (Å²) in [6.07, 6.45) is 1.27. The minimum Gasteiger partial charge on any atom is -0.507 e. The molecule has 0 saturated heterocycles. The summed E-state index contributed by atoms with van der Waals surface area (Å²) in [6.45, 7) is 0. The van der Waals surface area contributed by atoms with Crippen LogP contribution >= 0.6 is 23.2 Å². The third kappa shape index (κ3) is 2.40. The highest BCUT2D eigenvalue weighted by atomic mass is 35.5. The van der Waals surface area contributed by atoms with E-state index in [2.05, 4.69) is 0 Å². The first-order valence-corrected chi connectivity index (χ1v) is 3.86. The largest absolute Gasteiger partial charge is 0.507 e. The summed E-state index contributed by atoms with van der Waals surface area (Å²) < 4.78 is 12.5. The van der Waals surface area contributed by atoms with Crippen molar-refractivity contribution in [3.05, 3.63) is 34.1 Å². The normalized spacial score (nSPS) is 9.58. The fraction of sp³-hybridized carbons (Fsp3) is 0. The SMILES string of the molecule is Oc1ccc(F)cc1C=C(Cl)Cl. The molecular weight excluding hydrogens is 202 g/mol. The molecule has 0 amide bonds. The van der Waals surface area contributed by atoms with Gasteiger partial charge in [-0.2, -0.15) is 0 Å². The van der Waals surface area contributed by atoms with E-state index in [4.69, 9.17) is 28.3 Å². The Morgan fingerprint density at radius 2 is 2.08 bits per heavy atom. The lowest BCUT2D eigenvalue weighted by Crippen LogP contribution is -1.78. The molecule has 0 atom stereocenters. The van der Waals surface area contributed by atoms with Gasteiger partial charge in [-0.1, -0.05) is 23.2 Å². The monoisotopic (exact) mass is 206 g/mol. The average molecular weight is 207 g/mol. The van der Waals surface area contributed by atoms with Crippen molar-refractivity contribution in [2.24, 2.45) is 0 Å². The first kappa shape index (κ1) is 9.36.